The summed E-state index contributed by atoms with van der Waals surface area (Å²) in [6, 6.07) is 13.7. The smallest absolute Gasteiger partial charge is 0.255 e. The molecular weight excluding hydrogens is 440 g/mol. The van der Waals surface area contributed by atoms with E-state index in [0.717, 1.165) is 28.9 Å². The number of carbonyl (C=O) groups excluding carboxylic acids is 2. The summed E-state index contributed by atoms with van der Waals surface area (Å²) in [5.41, 5.74) is 10.0. The number of methoxy groups -OCH3 is 1. The Morgan fingerprint density at radius 3 is 2.67 bits per heavy atom. The minimum Gasteiger partial charge on any atom is -0.493 e. The van der Waals surface area contributed by atoms with Gasteiger partial charge in [0.25, 0.3) is 5.91 Å². The van der Waals surface area contributed by atoms with Crippen molar-refractivity contribution >= 4 is 29.4 Å². The molecule has 2 aromatic carbocycles. The summed E-state index contributed by atoms with van der Waals surface area (Å²) in [5, 5.41) is 7.65. The van der Waals surface area contributed by atoms with Crippen molar-refractivity contribution in [3.8, 4) is 17.2 Å². The van der Waals surface area contributed by atoms with Crippen LogP contribution < -0.4 is 20.5 Å². The number of primary amides is 1. The molecule has 3 N–H and O–H groups in total. The number of aromatic nitrogens is 2. The van der Waals surface area contributed by atoms with Crippen LogP contribution in [0.5, 0.6) is 11.5 Å². The minimum absolute atomic E-state index is 0.0801. The average molecular weight is 467 g/mol. The second-order valence-corrected chi connectivity index (χ2v) is 8.78. The van der Waals surface area contributed by atoms with Gasteiger partial charge in [0.05, 0.1) is 29.5 Å². The summed E-state index contributed by atoms with van der Waals surface area (Å²) in [7, 11) is 1.54. The van der Waals surface area contributed by atoms with Gasteiger partial charge in [0.1, 0.15) is 5.82 Å². The average Bonchev–Trinajstić information content (AvgIpc) is 3.02. The van der Waals surface area contributed by atoms with Crippen molar-refractivity contribution in [1.82, 2.24) is 9.78 Å². The van der Waals surface area contributed by atoms with E-state index in [2.05, 4.69) is 24.4 Å². The fourth-order valence-electron chi connectivity index (χ4n) is 3.82. The van der Waals surface area contributed by atoms with Gasteiger partial charge >= 0.3 is 0 Å². The van der Waals surface area contributed by atoms with Crippen LogP contribution in [-0.2, 0) is 16.0 Å². The number of thioether (sulfide) groups is 1. The minimum atomic E-state index is -0.565. The van der Waals surface area contributed by atoms with Crippen LogP contribution >= 0.6 is 11.8 Å². The van der Waals surface area contributed by atoms with Crippen molar-refractivity contribution in [3.05, 3.63) is 64.8 Å². The molecule has 0 unspecified atom stereocenters. The number of fused-ring (bicyclic) bond motifs is 1. The number of nitrogens with two attached hydrogens (primary N) is 1. The molecule has 4 rings (SSSR count). The van der Waals surface area contributed by atoms with E-state index in [1.165, 1.54) is 24.4 Å². The molecule has 0 spiro atoms. The van der Waals surface area contributed by atoms with Crippen LogP contribution in [0.25, 0.3) is 5.69 Å². The number of ether oxygens (including phenoxy) is 2. The van der Waals surface area contributed by atoms with Gasteiger partial charge in [0.15, 0.2) is 18.1 Å². The highest BCUT2D eigenvalue weighted by atomic mass is 32.2. The first-order valence-corrected chi connectivity index (χ1v) is 11.7. The van der Waals surface area contributed by atoms with Gasteiger partial charge in [-0.2, -0.15) is 5.10 Å². The number of anilines is 1. The molecule has 9 heteroatoms. The van der Waals surface area contributed by atoms with Gasteiger partial charge in [-0.3, -0.25) is 9.59 Å². The van der Waals surface area contributed by atoms with Crippen LogP contribution in [0.2, 0.25) is 0 Å². The van der Waals surface area contributed by atoms with Crippen LogP contribution in [0, 0.1) is 6.92 Å². The lowest BCUT2D eigenvalue weighted by atomic mass is 10.0. The molecule has 33 heavy (non-hydrogen) atoms. The Kier molecular flexibility index (Phi) is 6.60. The first kappa shape index (κ1) is 22.7. The molecule has 0 saturated carbocycles. The summed E-state index contributed by atoms with van der Waals surface area (Å²) in [4.78, 5) is 23.7. The number of amides is 2. The number of nitrogens with zero attached hydrogens (tertiary/aromatic N) is 2. The molecule has 0 bridgehead atoms. The molecule has 1 aromatic heterocycles. The van der Waals surface area contributed by atoms with Crippen molar-refractivity contribution in [2.24, 2.45) is 5.73 Å². The fourth-order valence-corrected chi connectivity index (χ4v) is 5.00. The summed E-state index contributed by atoms with van der Waals surface area (Å²) in [5.74, 6) is 1.24. The van der Waals surface area contributed by atoms with Gasteiger partial charge in [-0.15, -0.1) is 11.8 Å². The third kappa shape index (κ3) is 4.68. The summed E-state index contributed by atoms with van der Waals surface area (Å²) in [6.45, 7) is 3.82. The van der Waals surface area contributed by atoms with Gasteiger partial charge in [-0.1, -0.05) is 25.1 Å². The zero-order chi connectivity index (χ0) is 23.5. The lowest BCUT2D eigenvalue weighted by molar-refractivity contribution is -0.120. The Balaban J connectivity index is 1.77. The fraction of sp³-hybridized carbons (Fsp3) is 0.292. The zero-order valence-corrected chi connectivity index (χ0v) is 19.6. The second kappa shape index (κ2) is 9.58. The molecule has 3 aromatic rings. The Hall–Kier alpha value is -3.46. The highest BCUT2D eigenvalue weighted by molar-refractivity contribution is 8.00. The van der Waals surface area contributed by atoms with Crippen LogP contribution in [0.15, 0.2) is 42.5 Å². The highest BCUT2D eigenvalue weighted by Crippen LogP contribution is 2.45. The molecule has 0 radical (unpaired) electrons. The Labute approximate surface area is 196 Å². The molecule has 8 nitrogen and oxygen atoms in total. The van der Waals surface area contributed by atoms with Gasteiger partial charge in [0.2, 0.25) is 5.91 Å². The molecule has 1 aliphatic rings. The highest BCUT2D eigenvalue weighted by Gasteiger charge is 2.31. The maximum atomic E-state index is 12.6. The van der Waals surface area contributed by atoms with E-state index < -0.39 is 5.91 Å². The number of nitrogens with one attached hydrogen (secondary N) is 1. The van der Waals surface area contributed by atoms with Crippen LogP contribution in [0.3, 0.4) is 0 Å². The van der Waals surface area contributed by atoms with Crippen molar-refractivity contribution in [2.45, 2.75) is 25.5 Å². The lowest BCUT2D eigenvalue weighted by Gasteiger charge is -2.18. The Morgan fingerprint density at radius 2 is 2.00 bits per heavy atom. The van der Waals surface area contributed by atoms with Crippen molar-refractivity contribution in [3.63, 3.8) is 0 Å². The number of hydrogen-bond acceptors (Lipinski definition) is 6. The quantitative estimate of drug-likeness (QED) is 0.553. The molecule has 2 amide bonds. The number of benzene rings is 2. The summed E-state index contributed by atoms with van der Waals surface area (Å²) in [6.07, 6.45) is 0.951. The summed E-state index contributed by atoms with van der Waals surface area (Å²) < 4.78 is 12.7. The topological polar surface area (TPSA) is 108 Å². The van der Waals surface area contributed by atoms with E-state index in [4.69, 9.17) is 20.3 Å². The number of hydrogen-bond donors (Lipinski definition) is 2. The van der Waals surface area contributed by atoms with Gasteiger partial charge < -0.3 is 20.5 Å². The monoisotopic (exact) mass is 466 g/mol. The first-order valence-electron chi connectivity index (χ1n) is 10.6. The van der Waals surface area contributed by atoms with E-state index in [-0.39, 0.29) is 17.8 Å². The maximum absolute atomic E-state index is 12.6. The standard InChI is InChI=1S/C24H26N4O4S/c1-4-15-5-8-17(9-6-15)28-24-22(14(2)27-28)23(33-13-21(30)26-24)16-7-10-18(19(11-16)31-3)32-12-20(25)29/h5-11,23H,4,12-13H2,1-3H3,(H2,25,29)(H,26,30)/t23-/m0/s1. The van der Waals surface area contributed by atoms with Crippen molar-refractivity contribution in [2.75, 3.05) is 24.8 Å². The van der Waals surface area contributed by atoms with Crippen molar-refractivity contribution in [1.29, 1.82) is 0 Å². The predicted molar refractivity (Wildman–Crippen MR) is 128 cm³/mol. The van der Waals surface area contributed by atoms with E-state index >= 15 is 0 Å². The Morgan fingerprint density at radius 1 is 1.24 bits per heavy atom. The Bertz CT molecular complexity index is 1190. The molecule has 2 heterocycles. The predicted octanol–water partition coefficient (Wildman–Crippen LogP) is 3.39. The number of rotatable bonds is 7. The largest absolute Gasteiger partial charge is 0.493 e. The van der Waals surface area contributed by atoms with E-state index in [0.29, 0.717) is 23.1 Å². The molecule has 172 valence electrons. The third-order valence-corrected chi connectivity index (χ3v) is 6.73. The second-order valence-electron chi connectivity index (χ2n) is 7.68. The number of aryl methyl sites for hydroxylation is 2. The van der Waals surface area contributed by atoms with Crippen LogP contribution in [0.4, 0.5) is 5.82 Å². The maximum Gasteiger partial charge on any atom is 0.255 e. The van der Waals surface area contributed by atoms with E-state index in [1.807, 2.05) is 31.2 Å². The van der Waals surface area contributed by atoms with Gasteiger partial charge in [-0.25, -0.2) is 4.68 Å². The van der Waals surface area contributed by atoms with Crippen LogP contribution in [0.1, 0.15) is 34.6 Å². The van der Waals surface area contributed by atoms with Crippen LogP contribution in [-0.4, -0.2) is 41.1 Å². The van der Waals surface area contributed by atoms with E-state index in [1.54, 1.807) is 10.7 Å². The molecular formula is C24H26N4O4S. The zero-order valence-electron chi connectivity index (χ0n) is 18.8. The molecule has 1 atom stereocenters. The molecule has 0 aliphatic carbocycles. The normalized spacial score (nSPS) is 15.4. The summed E-state index contributed by atoms with van der Waals surface area (Å²) >= 11 is 1.52. The SMILES string of the molecule is CCc1ccc(-n2nc(C)c3c2NC(=O)CS[C@H]3c2ccc(OCC(N)=O)c(OC)c2)cc1. The van der Waals surface area contributed by atoms with Crippen molar-refractivity contribution < 1.29 is 19.1 Å². The lowest BCUT2D eigenvalue weighted by Crippen LogP contribution is -2.20. The van der Waals surface area contributed by atoms with Gasteiger partial charge in [0, 0.05) is 5.56 Å². The van der Waals surface area contributed by atoms with E-state index in [9.17, 15) is 9.59 Å². The third-order valence-electron chi connectivity index (χ3n) is 5.46. The molecule has 0 fully saturated rings. The first-order chi connectivity index (χ1) is 15.9. The number of carbonyl (C=O) groups is 2. The molecule has 1 aliphatic heterocycles. The van der Waals surface area contributed by atoms with Gasteiger partial charge in [-0.05, 0) is 48.7 Å². The molecule has 0 saturated heterocycles.